The van der Waals surface area contributed by atoms with Crippen molar-refractivity contribution in [3.05, 3.63) is 5.82 Å². The molecule has 2 rings (SSSR count). The van der Waals surface area contributed by atoms with Crippen molar-refractivity contribution >= 4 is 11.5 Å². The number of hydrogen-bond donors (Lipinski definition) is 3. The topological polar surface area (TPSA) is 98.0 Å². The Morgan fingerprint density at radius 1 is 1.31 bits per heavy atom. The highest BCUT2D eigenvalue weighted by molar-refractivity contribution is 5.63. The average Bonchev–Trinajstić information content (AvgIpc) is 2.84. The highest BCUT2D eigenvalue weighted by atomic mass is 16.3. The van der Waals surface area contributed by atoms with Crippen molar-refractivity contribution in [1.82, 2.24) is 9.97 Å². The number of hydrogen-bond acceptors (Lipinski definition) is 5. The zero-order chi connectivity index (χ0) is 9.42. The molecule has 1 aliphatic carbocycles. The van der Waals surface area contributed by atoms with Crippen LogP contribution in [0.4, 0.5) is 11.5 Å². The van der Waals surface area contributed by atoms with Gasteiger partial charge in [0.15, 0.2) is 5.82 Å². The lowest BCUT2D eigenvalue weighted by atomic mass is 10.3. The number of rotatable bonds is 2. The summed E-state index contributed by atoms with van der Waals surface area (Å²) in [6, 6.07) is 0. The van der Waals surface area contributed by atoms with Crippen molar-refractivity contribution in [2.75, 3.05) is 11.5 Å². The summed E-state index contributed by atoms with van der Waals surface area (Å²) in [7, 11) is 0. The van der Waals surface area contributed by atoms with Crippen molar-refractivity contribution in [2.24, 2.45) is 5.92 Å². The second kappa shape index (κ2) is 2.76. The number of nitrogen functional groups attached to an aromatic ring is 2. The molecule has 1 aliphatic rings. The van der Waals surface area contributed by atoms with Crippen molar-refractivity contribution in [3.63, 3.8) is 0 Å². The maximum absolute atomic E-state index is 9.26. The molecule has 0 unspecified atom stereocenters. The van der Waals surface area contributed by atoms with Crippen LogP contribution < -0.4 is 11.5 Å². The van der Waals surface area contributed by atoms with Gasteiger partial charge in [-0.15, -0.1) is 0 Å². The Balaban J connectivity index is 2.25. The van der Waals surface area contributed by atoms with Gasteiger partial charge < -0.3 is 16.6 Å². The summed E-state index contributed by atoms with van der Waals surface area (Å²) >= 11 is 0. The Kier molecular flexibility index (Phi) is 1.72. The van der Waals surface area contributed by atoms with Crippen LogP contribution in [0.25, 0.3) is 0 Å². The molecule has 5 nitrogen and oxygen atoms in total. The molecule has 70 valence electrons. The minimum absolute atomic E-state index is 0.0690. The van der Waals surface area contributed by atoms with Gasteiger partial charge >= 0.3 is 0 Å². The van der Waals surface area contributed by atoms with Gasteiger partial charge in [-0.25, -0.2) is 4.98 Å². The van der Waals surface area contributed by atoms with Gasteiger partial charge in [-0.1, -0.05) is 0 Å². The standard InChI is InChI=1S/C8H12N4O/c9-6-7(10)11-5(12-8(6)13)3-4-1-2-4/h4H,1-3,9H2,(H3,10,11,12,13). The molecule has 1 heterocycles. The van der Waals surface area contributed by atoms with Crippen LogP contribution in [0.5, 0.6) is 5.88 Å². The van der Waals surface area contributed by atoms with Crippen LogP contribution in [0, 0.1) is 5.92 Å². The van der Waals surface area contributed by atoms with Gasteiger partial charge in [0.25, 0.3) is 0 Å². The molecule has 5 N–H and O–H groups in total. The van der Waals surface area contributed by atoms with Crippen molar-refractivity contribution in [2.45, 2.75) is 19.3 Å². The fraction of sp³-hybridized carbons (Fsp3) is 0.500. The minimum atomic E-state index is -0.205. The first-order chi connectivity index (χ1) is 6.16. The van der Waals surface area contributed by atoms with E-state index in [0.29, 0.717) is 11.7 Å². The summed E-state index contributed by atoms with van der Waals surface area (Å²) in [4.78, 5) is 7.85. The quantitative estimate of drug-likeness (QED) is 0.608. The third-order valence-corrected chi connectivity index (χ3v) is 2.17. The summed E-state index contributed by atoms with van der Waals surface area (Å²) in [5, 5.41) is 9.26. The highest BCUT2D eigenvalue weighted by Gasteiger charge is 2.23. The minimum Gasteiger partial charge on any atom is -0.492 e. The number of nitrogens with two attached hydrogens (primary N) is 2. The molecule has 0 bridgehead atoms. The number of aromatic nitrogens is 2. The van der Waals surface area contributed by atoms with E-state index in [1.54, 1.807) is 0 Å². The van der Waals surface area contributed by atoms with Crippen LogP contribution >= 0.6 is 0 Å². The van der Waals surface area contributed by atoms with E-state index in [9.17, 15) is 5.11 Å². The lowest BCUT2D eigenvalue weighted by Gasteiger charge is -2.04. The van der Waals surface area contributed by atoms with Gasteiger partial charge in [0.1, 0.15) is 11.5 Å². The van der Waals surface area contributed by atoms with E-state index < -0.39 is 0 Å². The van der Waals surface area contributed by atoms with Gasteiger partial charge in [-0.05, 0) is 18.8 Å². The molecule has 1 saturated carbocycles. The monoisotopic (exact) mass is 180 g/mol. The van der Waals surface area contributed by atoms with Crippen molar-refractivity contribution < 1.29 is 5.11 Å². The molecule has 0 spiro atoms. The molecule has 0 amide bonds. The molecule has 0 radical (unpaired) electrons. The number of nitrogens with zero attached hydrogens (tertiary/aromatic N) is 2. The van der Waals surface area contributed by atoms with Crippen LogP contribution in [0.1, 0.15) is 18.7 Å². The molecule has 5 heteroatoms. The maximum Gasteiger partial charge on any atom is 0.240 e. The van der Waals surface area contributed by atoms with Crippen molar-refractivity contribution in [3.8, 4) is 5.88 Å². The molecular formula is C8H12N4O. The van der Waals surface area contributed by atoms with Crippen LogP contribution in [0.3, 0.4) is 0 Å². The molecule has 0 atom stereocenters. The molecule has 13 heavy (non-hydrogen) atoms. The van der Waals surface area contributed by atoms with E-state index in [1.165, 1.54) is 12.8 Å². The van der Waals surface area contributed by atoms with E-state index >= 15 is 0 Å². The summed E-state index contributed by atoms with van der Waals surface area (Å²) in [5.41, 5.74) is 10.9. The summed E-state index contributed by atoms with van der Waals surface area (Å²) in [6.07, 6.45) is 3.22. The average molecular weight is 180 g/mol. The predicted octanol–water partition coefficient (Wildman–Crippen LogP) is 0.299. The summed E-state index contributed by atoms with van der Waals surface area (Å²) < 4.78 is 0. The van der Waals surface area contributed by atoms with Gasteiger partial charge in [-0.2, -0.15) is 4.98 Å². The normalized spacial score (nSPS) is 16.0. The van der Waals surface area contributed by atoms with E-state index in [2.05, 4.69) is 9.97 Å². The third-order valence-electron chi connectivity index (χ3n) is 2.17. The molecule has 0 aromatic carbocycles. The first-order valence-electron chi connectivity index (χ1n) is 4.27. The Morgan fingerprint density at radius 3 is 2.54 bits per heavy atom. The SMILES string of the molecule is Nc1nc(CC2CC2)nc(O)c1N. The zero-order valence-electron chi connectivity index (χ0n) is 7.20. The lowest BCUT2D eigenvalue weighted by Crippen LogP contribution is -2.05. The largest absolute Gasteiger partial charge is 0.492 e. The fourth-order valence-corrected chi connectivity index (χ4v) is 1.19. The molecular weight excluding hydrogens is 168 g/mol. The van der Waals surface area contributed by atoms with E-state index in [1.807, 2.05) is 0 Å². The third kappa shape index (κ3) is 1.63. The first kappa shape index (κ1) is 8.10. The molecule has 1 fully saturated rings. The van der Waals surface area contributed by atoms with Gasteiger partial charge in [0.05, 0.1) is 0 Å². The van der Waals surface area contributed by atoms with E-state index in [0.717, 1.165) is 6.42 Å². The lowest BCUT2D eigenvalue weighted by molar-refractivity contribution is 0.451. The van der Waals surface area contributed by atoms with Crippen LogP contribution in [0.2, 0.25) is 0 Å². The Labute approximate surface area is 75.8 Å². The number of anilines is 2. The second-order valence-electron chi connectivity index (χ2n) is 3.41. The van der Waals surface area contributed by atoms with Crippen LogP contribution in [-0.4, -0.2) is 15.1 Å². The maximum atomic E-state index is 9.26. The highest BCUT2D eigenvalue weighted by Crippen LogP contribution is 2.33. The number of aromatic hydroxyl groups is 1. The van der Waals surface area contributed by atoms with Crippen molar-refractivity contribution in [1.29, 1.82) is 0 Å². The Bertz CT molecular complexity index is 312. The Morgan fingerprint density at radius 2 is 2.00 bits per heavy atom. The summed E-state index contributed by atoms with van der Waals surface area (Å²) in [6.45, 7) is 0. The van der Waals surface area contributed by atoms with Crippen LogP contribution in [0.15, 0.2) is 0 Å². The van der Waals surface area contributed by atoms with Gasteiger partial charge in [0, 0.05) is 6.42 Å². The zero-order valence-corrected chi connectivity index (χ0v) is 7.20. The molecule has 0 aliphatic heterocycles. The smallest absolute Gasteiger partial charge is 0.240 e. The predicted molar refractivity (Wildman–Crippen MR) is 48.9 cm³/mol. The van der Waals surface area contributed by atoms with Crippen LogP contribution in [-0.2, 0) is 6.42 Å². The van der Waals surface area contributed by atoms with Gasteiger partial charge in [-0.3, -0.25) is 0 Å². The summed E-state index contributed by atoms with van der Waals surface area (Å²) in [5.74, 6) is 1.22. The Hall–Kier alpha value is -1.52. The first-order valence-corrected chi connectivity index (χ1v) is 4.27. The second-order valence-corrected chi connectivity index (χ2v) is 3.41. The fourth-order valence-electron chi connectivity index (χ4n) is 1.19. The van der Waals surface area contributed by atoms with E-state index in [-0.39, 0.29) is 17.4 Å². The molecule has 0 saturated heterocycles. The molecule has 1 aromatic heterocycles. The molecule has 1 aromatic rings. The van der Waals surface area contributed by atoms with E-state index in [4.69, 9.17) is 11.5 Å². The van der Waals surface area contributed by atoms with Gasteiger partial charge in [0.2, 0.25) is 5.88 Å².